The van der Waals surface area contributed by atoms with Gasteiger partial charge in [0.2, 0.25) is 10.0 Å². The lowest BCUT2D eigenvalue weighted by atomic mass is 10.2. The number of carbonyl (C=O) groups is 1. The molecule has 9 heteroatoms. The van der Waals surface area contributed by atoms with Crippen molar-refractivity contribution in [2.24, 2.45) is 0 Å². The van der Waals surface area contributed by atoms with E-state index in [2.05, 4.69) is 31.9 Å². The summed E-state index contributed by atoms with van der Waals surface area (Å²) in [6, 6.07) is 3.15. The van der Waals surface area contributed by atoms with Crippen LogP contribution in [0.2, 0.25) is 0 Å². The monoisotopic (exact) mass is 415 g/mol. The van der Waals surface area contributed by atoms with E-state index in [9.17, 15) is 13.2 Å². The number of aliphatic hydroxyl groups excluding tert-OH is 1. The molecule has 0 aliphatic rings. The van der Waals surface area contributed by atoms with Crippen LogP contribution in [0.5, 0.6) is 0 Å². The lowest BCUT2D eigenvalue weighted by Crippen LogP contribution is -2.41. The average Bonchev–Trinajstić information content (AvgIpc) is 2.31. The topological polar surface area (TPSA) is 104 Å². The first-order valence-corrected chi connectivity index (χ1v) is 8.16. The molecule has 0 fully saturated rings. The molecule has 0 aliphatic carbocycles. The van der Waals surface area contributed by atoms with Crippen molar-refractivity contribution in [3.05, 3.63) is 27.1 Å². The highest BCUT2D eigenvalue weighted by atomic mass is 79.9. The summed E-state index contributed by atoms with van der Waals surface area (Å²) in [6.45, 7) is -0.431. The highest BCUT2D eigenvalue weighted by Crippen LogP contribution is 2.25. The average molecular weight is 417 g/mol. The van der Waals surface area contributed by atoms with Crippen LogP contribution in [-0.2, 0) is 14.8 Å². The summed E-state index contributed by atoms with van der Waals surface area (Å²) >= 11 is 6.24. The van der Waals surface area contributed by atoms with Crippen molar-refractivity contribution in [2.75, 3.05) is 6.61 Å². The van der Waals surface area contributed by atoms with Gasteiger partial charge in [-0.3, -0.25) is 4.79 Å². The van der Waals surface area contributed by atoms with Gasteiger partial charge in [-0.25, -0.2) is 8.42 Å². The molecular formula is C10H11Br2NO5S. The van der Waals surface area contributed by atoms with Crippen molar-refractivity contribution in [3.63, 3.8) is 0 Å². The Morgan fingerprint density at radius 1 is 1.37 bits per heavy atom. The van der Waals surface area contributed by atoms with E-state index in [1.54, 1.807) is 6.07 Å². The Hall–Kier alpha value is -0.480. The van der Waals surface area contributed by atoms with E-state index in [-0.39, 0.29) is 11.3 Å². The van der Waals surface area contributed by atoms with Gasteiger partial charge < -0.3 is 10.2 Å². The van der Waals surface area contributed by atoms with Gasteiger partial charge in [-0.15, -0.1) is 0 Å². The summed E-state index contributed by atoms with van der Waals surface area (Å²) in [5.41, 5.74) is 0. The maximum Gasteiger partial charge on any atom is 0.321 e. The van der Waals surface area contributed by atoms with Crippen LogP contribution in [0.25, 0.3) is 0 Å². The largest absolute Gasteiger partial charge is 0.480 e. The minimum absolute atomic E-state index is 0.0777. The van der Waals surface area contributed by atoms with Crippen molar-refractivity contribution >= 4 is 47.9 Å². The maximum absolute atomic E-state index is 12.1. The first kappa shape index (κ1) is 16.6. The summed E-state index contributed by atoms with van der Waals surface area (Å²) in [7, 11) is -4.00. The maximum atomic E-state index is 12.1. The van der Waals surface area contributed by atoms with Gasteiger partial charge in [-0.1, -0.05) is 15.9 Å². The predicted octanol–water partition coefficient (Wildman–Crippen LogP) is 1.33. The first-order valence-electron chi connectivity index (χ1n) is 5.09. The quantitative estimate of drug-likeness (QED) is 0.648. The lowest BCUT2D eigenvalue weighted by Gasteiger charge is -2.14. The van der Waals surface area contributed by atoms with Crippen molar-refractivity contribution in [1.29, 1.82) is 0 Å². The Bertz CT molecular complexity index is 575. The summed E-state index contributed by atoms with van der Waals surface area (Å²) in [5.74, 6) is -1.34. The van der Waals surface area contributed by atoms with Crippen LogP contribution >= 0.6 is 31.9 Å². The summed E-state index contributed by atoms with van der Waals surface area (Å²) in [5, 5.41) is 17.6. The Morgan fingerprint density at radius 3 is 2.53 bits per heavy atom. The Labute approximate surface area is 127 Å². The van der Waals surface area contributed by atoms with Crippen LogP contribution in [-0.4, -0.2) is 37.2 Å². The highest BCUT2D eigenvalue weighted by Gasteiger charge is 2.26. The van der Waals surface area contributed by atoms with E-state index in [0.29, 0.717) is 8.95 Å². The van der Waals surface area contributed by atoms with Gasteiger partial charge in [0.05, 0.1) is 4.90 Å². The SMILES string of the molecule is O=C(O)[C@@H](CCO)NS(=O)(=O)c1cc(Br)ccc1Br. The molecule has 1 atom stereocenters. The molecule has 0 aliphatic heterocycles. The molecule has 0 bridgehead atoms. The molecule has 0 aromatic heterocycles. The third kappa shape index (κ3) is 4.53. The zero-order valence-electron chi connectivity index (χ0n) is 9.51. The Kier molecular flexibility index (Phi) is 5.93. The van der Waals surface area contributed by atoms with Crippen LogP contribution in [0.3, 0.4) is 0 Å². The second-order valence-corrected chi connectivity index (χ2v) is 7.05. The molecule has 1 aromatic rings. The number of aliphatic hydroxyl groups is 1. The molecule has 0 heterocycles. The Morgan fingerprint density at radius 2 is 2.00 bits per heavy atom. The normalized spacial score (nSPS) is 13.2. The van der Waals surface area contributed by atoms with Crippen LogP contribution in [0, 0.1) is 0 Å². The third-order valence-corrected chi connectivity index (χ3v) is 5.15. The molecule has 1 aromatic carbocycles. The highest BCUT2D eigenvalue weighted by molar-refractivity contribution is 9.11. The molecule has 6 nitrogen and oxygen atoms in total. The first-order chi connectivity index (χ1) is 8.77. The zero-order chi connectivity index (χ0) is 14.6. The van der Waals surface area contributed by atoms with E-state index in [4.69, 9.17) is 10.2 Å². The number of carboxylic acids is 1. The molecule has 3 N–H and O–H groups in total. The molecule has 19 heavy (non-hydrogen) atoms. The molecule has 0 radical (unpaired) electrons. The van der Waals surface area contributed by atoms with Gasteiger partial charge in [0.1, 0.15) is 6.04 Å². The van der Waals surface area contributed by atoms with Gasteiger partial charge in [0.15, 0.2) is 0 Å². The fourth-order valence-electron chi connectivity index (χ4n) is 1.30. The van der Waals surface area contributed by atoms with Crippen molar-refractivity contribution in [1.82, 2.24) is 4.72 Å². The van der Waals surface area contributed by atoms with Crippen LogP contribution in [0.4, 0.5) is 0 Å². The standard InChI is InChI=1S/C10H11Br2NO5S/c11-6-1-2-7(12)9(5-6)19(17,18)13-8(3-4-14)10(15)16/h1-2,5,8,13-14H,3-4H2,(H,15,16)/t8-/m1/s1. The van der Waals surface area contributed by atoms with Crippen LogP contribution < -0.4 is 4.72 Å². The molecule has 106 valence electrons. The number of hydrogen-bond acceptors (Lipinski definition) is 4. The lowest BCUT2D eigenvalue weighted by molar-refractivity contribution is -0.139. The van der Waals surface area contributed by atoms with Gasteiger partial charge >= 0.3 is 5.97 Å². The van der Waals surface area contributed by atoms with E-state index in [1.165, 1.54) is 12.1 Å². The van der Waals surface area contributed by atoms with Gasteiger partial charge in [0, 0.05) is 15.6 Å². The fraction of sp³-hybridized carbons (Fsp3) is 0.300. The van der Waals surface area contributed by atoms with Crippen molar-refractivity contribution < 1.29 is 23.4 Å². The molecular weight excluding hydrogens is 406 g/mol. The van der Waals surface area contributed by atoms with Crippen LogP contribution in [0.15, 0.2) is 32.0 Å². The van der Waals surface area contributed by atoms with Gasteiger partial charge in [-0.2, -0.15) is 4.72 Å². The number of nitrogens with one attached hydrogen (secondary N) is 1. The second kappa shape index (κ2) is 6.80. The fourth-order valence-corrected chi connectivity index (χ4v) is 4.02. The number of halogens is 2. The predicted molar refractivity (Wildman–Crippen MR) is 75.3 cm³/mol. The molecule has 0 unspecified atom stereocenters. The molecule has 0 amide bonds. The number of carboxylic acid groups (broad SMARTS) is 1. The second-order valence-electron chi connectivity index (χ2n) is 3.60. The van der Waals surface area contributed by atoms with E-state index in [0.717, 1.165) is 0 Å². The van der Waals surface area contributed by atoms with Gasteiger partial charge in [0.25, 0.3) is 0 Å². The number of benzene rings is 1. The molecule has 0 saturated heterocycles. The Balaban J connectivity index is 3.10. The third-order valence-electron chi connectivity index (χ3n) is 2.20. The van der Waals surface area contributed by atoms with Crippen molar-refractivity contribution in [2.45, 2.75) is 17.4 Å². The number of aliphatic carboxylic acids is 1. The van der Waals surface area contributed by atoms with Crippen molar-refractivity contribution in [3.8, 4) is 0 Å². The summed E-state index contributed by atoms with van der Waals surface area (Å²) in [4.78, 5) is 10.8. The van der Waals surface area contributed by atoms with Crippen LogP contribution in [0.1, 0.15) is 6.42 Å². The van der Waals surface area contributed by atoms with Gasteiger partial charge in [-0.05, 0) is 40.5 Å². The van der Waals surface area contributed by atoms with E-state index < -0.39 is 28.6 Å². The molecule has 1 rings (SSSR count). The summed E-state index contributed by atoms with van der Waals surface area (Å²) in [6.07, 6.45) is -0.208. The van der Waals surface area contributed by atoms with E-state index in [1.807, 2.05) is 4.72 Å². The minimum atomic E-state index is -4.00. The van der Waals surface area contributed by atoms with E-state index >= 15 is 0 Å². The molecule has 0 spiro atoms. The zero-order valence-corrected chi connectivity index (χ0v) is 13.5. The summed E-state index contributed by atoms with van der Waals surface area (Å²) < 4.78 is 27.1. The number of hydrogen-bond donors (Lipinski definition) is 3. The molecule has 0 saturated carbocycles. The minimum Gasteiger partial charge on any atom is -0.480 e. The smallest absolute Gasteiger partial charge is 0.321 e. The number of sulfonamides is 1. The number of rotatable bonds is 6.